The van der Waals surface area contributed by atoms with Crippen LogP contribution in [0.15, 0.2) is 53.5 Å². The van der Waals surface area contributed by atoms with Gasteiger partial charge in [-0.2, -0.15) is 5.10 Å². The van der Waals surface area contributed by atoms with E-state index in [-0.39, 0.29) is 6.04 Å². The highest BCUT2D eigenvalue weighted by molar-refractivity contribution is 5.80. The van der Waals surface area contributed by atoms with Crippen molar-refractivity contribution in [1.29, 1.82) is 0 Å². The number of rotatable bonds is 7. The molecule has 2 aromatic carbocycles. The van der Waals surface area contributed by atoms with Gasteiger partial charge in [0, 0.05) is 26.1 Å². The minimum Gasteiger partial charge on any atom is -0.377 e. The van der Waals surface area contributed by atoms with Crippen LogP contribution in [-0.2, 0) is 30.9 Å². The van der Waals surface area contributed by atoms with Crippen LogP contribution in [0.4, 0.5) is 0 Å². The molecule has 0 saturated heterocycles. The second-order valence-corrected chi connectivity index (χ2v) is 8.20. The van der Waals surface area contributed by atoms with Gasteiger partial charge in [0.1, 0.15) is 12.4 Å². The fourth-order valence-corrected chi connectivity index (χ4v) is 4.03. The van der Waals surface area contributed by atoms with E-state index in [4.69, 9.17) is 9.73 Å². The Balaban J connectivity index is 1.43. The zero-order valence-corrected chi connectivity index (χ0v) is 19.1. The highest BCUT2D eigenvalue weighted by Gasteiger charge is 2.22. The van der Waals surface area contributed by atoms with Crippen LogP contribution < -0.4 is 10.6 Å². The van der Waals surface area contributed by atoms with Gasteiger partial charge in [-0.25, -0.2) is 14.7 Å². The summed E-state index contributed by atoms with van der Waals surface area (Å²) in [5.74, 6) is 2.61. The number of benzene rings is 2. The lowest BCUT2D eigenvalue weighted by Gasteiger charge is -2.25. The van der Waals surface area contributed by atoms with Crippen molar-refractivity contribution in [2.24, 2.45) is 4.99 Å². The topological polar surface area (TPSA) is 76.4 Å². The molecule has 1 aliphatic rings. The molecule has 0 fully saturated rings. The number of nitrogens with zero attached hydrogens (tertiary/aromatic N) is 4. The Morgan fingerprint density at radius 3 is 2.78 bits per heavy atom. The van der Waals surface area contributed by atoms with E-state index in [1.807, 2.05) is 4.68 Å². The summed E-state index contributed by atoms with van der Waals surface area (Å²) >= 11 is 0. The van der Waals surface area contributed by atoms with Crippen LogP contribution >= 0.6 is 0 Å². The van der Waals surface area contributed by atoms with Crippen LogP contribution in [0.2, 0.25) is 0 Å². The molecule has 1 atom stereocenters. The number of hydrogen-bond donors (Lipinski definition) is 2. The van der Waals surface area contributed by atoms with Gasteiger partial charge in [0.2, 0.25) is 0 Å². The zero-order valence-electron chi connectivity index (χ0n) is 19.1. The molecule has 0 radical (unpaired) electrons. The van der Waals surface area contributed by atoms with Crippen molar-refractivity contribution in [2.75, 3.05) is 13.7 Å². The molecule has 0 bridgehead atoms. The van der Waals surface area contributed by atoms with Gasteiger partial charge in [0.05, 0.1) is 13.1 Å². The Kier molecular flexibility index (Phi) is 7.17. The summed E-state index contributed by atoms with van der Waals surface area (Å²) in [7, 11) is 1.67. The molecular formula is C25H32N6O. The molecule has 7 nitrogen and oxygen atoms in total. The van der Waals surface area contributed by atoms with E-state index in [1.165, 1.54) is 22.3 Å². The zero-order chi connectivity index (χ0) is 22.3. The van der Waals surface area contributed by atoms with E-state index in [2.05, 4.69) is 83.1 Å². The smallest absolute Gasteiger partial charge is 0.191 e. The van der Waals surface area contributed by atoms with Gasteiger partial charge < -0.3 is 15.4 Å². The SMILES string of the molecule is CCNC(=NCc1cccc(-c2cccc(C)c2)c1)NC1CCc2nc(COC)nn2C1. The summed E-state index contributed by atoms with van der Waals surface area (Å²) in [6.45, 7) is 6.87. The van der Waals surface area contributed by atoms with Gasteiger partial charge in [-0.3, -0.25) is 0 Å². The van der Waals surface area contributed by atoms with E-state index in [1.54, 1.807) is 7.11 Å². The molecule has 2 heterocycles. The fraction of sp³-hybridized carbons (Fsp3) is 0.400. The van der Waals surface area contributed by atoms with Crippen LogP contribution in [-0.4, -0.2) is 40.4 Å². The molecule has 168 valence electrons. The van der Waals surface area contributed by atoms with E-state index in [0.717, 1.165) is 43.5 Å². The van der Waals surface area contributed by atoms with Gasteiger partial charge in [-0.1, -0.05) is 48.0 Å². The highest BCUT2D eigenvalue weighted by atomic mass is 16.5. The van der Waals surface area contributed by atoms with E-state index >= 15 is 0 Å². The molecule has 1 aromatic heterocycles. The molecule has 2 N–H and O–H groups in total. The Labute approximate surface area is 189 Å². The molecule has 32 heavy (non-hydrogen) atoms. The molecule has 1 unspecified atom stereocenters. The number of aromatic nitrogens is 3. The van der Waals surface area contributed by atoms with Crippen LogP contribution in [0.25, 0.3) is 11.1 Å². The van der Waals surface area contributed by atoms with Crippen molar-refractivity contribution in [2.45, 2.75) is 52.4 Å². The Morgan fingerprint density at radius 2 is 2.00 bits per heavy atom. The third-order valence-electron chi connectivity index (χ3n) is 5.56. The number of aliphatic imine (C=N–C) groups is 1. The van der Waals surface area contributed by atoms with Crippen LogP contribution in [0.3, 0.4) is 0 Å². The first-order chi connectivity index (χ1) is 15.6. The third kappa shape index (κ3) is 5.53. The lowest BCUT2D eigenvalue weighted by Crippen LogP contribution is -2.47. The van der Waals surface area contributed by atoms with E-state index in [9.17, 15) is 0 Å². The first kappa shape index (κ1) is 22.0. The number of nitrogens with one attached hydrogen (secondary N) is 2. The molecule has 7 heteroatoms. The number of guanidine groups is 1. The number of ether oxygens (including phenoxy) is 1. The van der Waals surface area contributed by atoms with Gasteiger partial charge in [0.15, 0.2) is 11.8 Å². The fourth-order valence-electron chi connectivity index (χ4n) is 4.03. The molecule has 0 saturated carbocycles. The summed E-state index contributed by atoms with van der Waals surface area (Å²) in [4.78, 5) is 9.41. The summed E-state index contributed by atoms with van der Waals surface area (Å²) in [6.07, 6.45) is 1.89. The number of hydrogen-bond acceptors (Lipinski definition) is 4. The second-order valence-electron chi connectivity index (χ2n) is 8.20. The molecule has 0 amide bonds. The second kappa shape index (κ2) is 10.4. The number of fused-ring (bicyclic) bond motifs is 1. The standard InChI is InChI=1S/C25H32N6O/c1-4-26-25(28-22-11-12-24-29-23(17-32-3)30-31(24)16-22)27-15-19-8-6-10-21(14-19)20-9-5-7-18(2)13-20/h5-10,13-14,22H,4,11-12,15-17H2,1-3H3,(H2,26,27,28). The largest absolute Gasteiger partial charge is 0.377 e. The van der Waals surface area contributed by atoms with Crippen molar-refractivity contribution in [3.8, 4) is 11.1 Å². The van der Waals surface area contributed by atoms with Gasteiger partial charge >= 0.3 is 0 Å². The molecule has 3 aromatic rings. The molecule has 0 aliphatic carbocycles. The lowest BCUT2D eigenvalue weighted by molar-refractivity contribution is 0.177. The van der Waals surface area contributed by atoms with Crippen molar-refractivity contribution in [3.05, 3.63) is 71.3 Å². The lowest BCUT2D eigenvalue weighted by atomic mass is 10.0. The molecule has 0 spiro atoms. The first-order valence-corrected chi connectivity index (χ1v) is 11.3. The van der Waals surface area contributed by atoms with Crippen molar-refractivity contribution >= 4 is 5.96 Å². The van der Waals surface area contributed by atoms with Crippen molar-refractivity contribution in [3.63, 3.8) is 0 Å². The summed E-state index contributed by atoms with van der Waals surface area (Å²) in [5, 5.41) is 11.5. The summed E-state index contributed by atoms with van der Waals surface area (Å²) in [6, 6.07) is 17.5. The monoisotopic (exact) mass is 432 g/mol. The van der Waals surface area contributed by atoms with Crippen molar-refractivity contribution in [1.82, 2.24) is 25.4 Å². The van der Waals surface area contributed by atoms with Crippen LogP contribution in [0.1, 0.15) is 36.1 Å². The van der Waals surface area contributed by atoms with Gasteiger partial charge in [-0.05, 0) is 43.0 Å². The van der Waals surface area contributed by atoms with E-state index in [0.29, 0.717) is 13.2 Å². The van der Waals surface area contributed by atoms with Crippen LogP contribution in [0, 0.1) is 6.92 Å². The normalized spacial score (nSPS) is 16.0. The van der Waals surface area contributed by atoms with Gasteiger partial charge in [-0.15, -0.1) is 0 Å². The number of methoxy groups -OCH3 is 1. The summed E-state index contributed by atoms with van der Waals surface area (Å²) in [5.41, 5.74) is 4.91. The highest BCUT2D eigenvalue weighted by Crippen LogP contribution is 2.22. The first-order valence-electron chi connectivity index (χ1n) is 11.3. The molecular weight excluding hydrogens is 400 g/mol. The van der Waals surface area contributed by atoms with Crippen molar-refractivity contribution < 1.29 is 4.74 Å². The Bertz CT molecular complexity index is 1070. The summed E-state index contributed by atoms with van der Waals surface area (Å²) < 4.78 is 7.15. The van der Waals surface area contributed by atoms with E-state index < -0.39 is 0 Å². The maximum atomic E-state index is 5.16. The third-order valence-corrected chi connectivity index (χ3v) is 5.56. The predicted molar refractivity (Wildman–Crippen MR) is 127 cm³/mol. The molecule has 1 aliphatic heterocycles. The minimum absolute atomic E-state index is 0.260. The van der Waals surface area contributed by atoms with Gasteiger partial charge in [0.25, 0.3) is 0 Å². The minimum atomic E-state index is 0.260. The molecule has 4 rings (SSSR count). The predicted octanol–water partition coefficient (Wildman–Crippen LogP) is 3.47. The van der Waals surface area contributed by atoms with Crippen LogP contribution in [0.5, 0.6) is 0 Å². The average molecular weight is 433 g/mol. The number of aryl methyl sites for hydroxylation is 2. The quantitative estimate of drug-likeness (QED) is 0.442. The average Bonchev–Trinajstić information content (AvgIpc) is 3.20. The maximum Gasteiger partial charge on any atom is 0.191 e. The Hall–Kier alpha value is -3.19. The Morgan fingerprint density at radius 1 is 1.19 bits per heavy atom. The maximum absolute atomic E-state index is 5.16.